The van der Waals surface area contributed by atoms with Crippen LogP contribution in [0, 0.1) is 0 Å². The Bertz CT molecular complexity index is 794. The van der Waals surface area contributed by atoms with Crippen LogP contribution in [0.4, 0.5) is 0 Å². The lowest BCUT2D eigenvalue weighted by atomic mass is 9.96. The molecule has 3 aromatic rings. The van der Waals surface area contributed by atoms with Gasteiger partial charge in [0.15, 0.2) is 0 Å². The second-order valence-electron chi connectivity index (χ2n) is 7.48. The molecule has 0 spiro atoms. The standard InChI is InChI=1S/C25H29N3O/c1-3-9-22(10-4-1)25(23-11-5-2-6-12-23)28-17-15-27(16-18-28)19-20-29-21-24-13-7-8-14-26-24/h1-14,25H,15-21H2. The Hall–Kier alpha value is -2.53. The van der Waals surface area contributed by atoms with Crippen molar-refractivity contribution in [2.45, 2.75) is 12.6 Å². The maximum atomic E-state index is 5.82. The predicted octanol–water partition coefficient (Wildman–Crippen LogP) is 4.01. The minimum Gasteiger partial charge on any atom is -0.374 e. The zero-order valence-corrected chi connectivity index (χ0v) is 16.9. The molecule has 4 heteroatoms. The Balaban J connectivity index is 1.30. The van der Waals surface area contributed by atoms with Crippen LogP contribution in [0.2, 0.25) is 0 Å². The van der Waals surface area contributed by atoms with Crippen molar-refractivity contribution in [3.63, 3.8) is 0 Å². The molecule has 0 N–H and O–H groups in total. The zero-order chi connectivity index (χ0) is 19.7. The molecular formula is C25H29N3O. The van der Waals surface area contributed by atoms with Gasteiger partial charge in [0.1, 0.15) is 0 Å². The molecule has 150 valence electrons. The third kappa shape index (κ3) is 5.51. The Labute approximate surface area is 173 Å². The van der Waals surface area contributed by atoms with Gasteiger partial charge in [-0.3, -0.25) is 14.8 Å². The quantitative estimate of drug-likeness (QED) is 0.546. The average Bonchev–Trinajstić information content (AvgIpc) is 2.80. The molecule has 1 saturated heterocycles. The number of pyridine rings is 1. The molecule has 1 aliphatic rings. The topological polar surface area (TPSA) is 28.6 Å². The summed E-state index contributed by atoms with van der Waals surface area (Å²) in [4.78, 5) is 9.41. The van der Waals surface area contributed by atoms with Gasteiger partial charge in [0.2, 0.25) is 0 Å². The lowest BCUT2D eigenvalue weighted by Gasteiger charge is -2.39. The van der Waals surface area contributed by atoms with E-state index in [0.717, 1.165) is 45.0 Å². The monoisotopic (exact) mass is 387 g/mol. The van der Waals surface area contributed by atoms with Gasteiger partial charge in [-0.05, 0) is 23.3 Å². The van der Waals surface area contributed by atoms with E-state index in [9.17, 15) is 0 Å². The second kappa shape index (κ2) is 10.3. The summed E-state index contributed by atoms with van der Waals surface area (Å²) in [5.41, 5.74) is 3.72. The maximum Gasteiger partial charge on any atom is 0.0888 e. The number of nitrogens with zero attached hydrogens (tertiary/aromatic N) is 3. The van der Waals surface area contributed by atoms with Crippen LogP contribution in [-0.4, -0.2) is 54.1 Å². The van der Waals surface area contributed by atoms with Gasteiger partial charge in [0.25, 0.3) is 0 Å². The van der Waals surface area contributed by atoms with Gasteiger partial charge in [-0.2, -0.15) is 0 Å². The smallest absolute Gasteiger partial charge is 0.0888 e. The van der Waals surface area contributed by atoms with Crippen molar-refractivity contribution in [3.8, 4) is 0 Å². The molecule has 1 aliphatic heterocycles. The first-order valence-electron chi connectivity index (χ1n) is 10.4. The molecule has 0 unspecified atom stereocenters. The number of benzene rings is 2. The molecule has 2 heterocycles. The second-order valence-corrected chi connectivity index (χ2v) is 7.48. The van der Waals surface area contributed by atoms with Gasteiger partial charge >= 0.3 is 0 Å². The Kier molecular flexibility index (Phi) is 7.03. The first-order valence-corrected chi connectivity index (χ1v) is 10.4. The fourth-order valence-corrected chi connectivity index (χ4v) is 3.98. The van der Waals surface area contributed by atoms with E-state index in [4.69, 9.17) is 4.74 Å². The van der Waals surface area contributed by atoms with E-state index in [2.05, 4.69) is 75.4 Å². The van der Waals surface area contributed by atoms with Gasteiger partial charge in [0, 0.05) is 38.9 Å². The molecule has 0 aliphatic carbocycles. The average molecular weight is 388 g/mol. The van der Waals surface area contributed by atoms with Gasteiger partial charge in [-0.25, -0.2) is 0 Å². The molecule has 1 aromatic heterocycles. The Morgan fingerprint density at radius 2 is 1.38 bits per heavy atom. The highest BCUT2D eigenvalue weighted by Crippen LogP contribution is 2.29. The third-order valence-corrected chi connectivity index (χ3v) is 5.53. The number of ether oxygens (including phenoxy) is 1. The number of rotatable bonds is 8. The van der Waals surface area contributed by atoms with E-state index in [0.29, 0.717) is 12.6 Å². The molecule has 1 fully saturated rings. The highest BCUT2D eigenvalue weighted by atomic mass is 16.5. The van der Waals surface area contributed by atoms with Crippen molar-refractivity contribution in [2.24, 2.45) is 0 Å². The van der Waals surface area contributed by atoms with Crippen LogP contribution in [0.1, 0.15) is 22.9 Å². The van der Waals surface area contributed by atoms with E-state index in [1.165, 1.54) is 11.1 Å². The minimum atomic E-state index is 0.319. The fraction of sp³-hybridized carbons (Fsp3) is 0.320. The largest absolute Gasteiger partial charge is 0.374 e. The van der Waals surface area contributed by atoms with Crippen molar-refractivity contribution in [1.82, 2.24) is 14.8 Å². The highest BCUT2D eigenvalue weighted by Gasteiger charge is 2.26. The zero-order valence-electron chi connectivity index (χ0n) is 16.9. The van der Waals surface area contributed by atoms with Crippen LogP contribution in [0.15, 0.2) is 85.1 Å². The maximum absolute atomic E-state index is 5.82. The van der Waals surface area contributed by atoms with E-state index in [1.807, 2.05) is 24.4 Å². The van der Waals surface area contributed by atoms with Crippen LogP contribution in [0.25, 0.3) is 0 Å². The van der Waals surface area contributed by atoms with Gasteiger partial charge in [0.05, 0.1) is 24.9 Å². The molecule has 0 atom stereocenters. The summed E-state index contributed by atoms with van der Waals surface area (Å²) in [5, 5.41) is 0. The van der Waals surface area contributed by atoms with Crippen molar-refractivity contribution in [3.05, 3.63) is 102 Å². The van der Waals surface area contributed by atoms with Gasteiger partial charge in [-0.15, -0.1) is 0 Å². The van der Waals surface area contributed by atoms with E-state index in [1.54, 1.807) is 0 Å². The van der Waals surface area contributed by atoms with E-state index >= 15 is 0 Å². The lowest BCUT2D eigenvalue weighted by Crippen LogP contribution is -2.48. The van der Waals surface area contributed by atoms with Crippen LogP contribution in [0.5, 0.6) is 0 Å². The van der Waals surface area contributed by atoms with Crippen molar-refractivity contribution < 1.29 is 4.74 Å². The Morgan fingerprint density at radius 1 is 0.759 bits per heavy atom. The summed E-state index contributed by atoms with van der Waals surface area (Å²) in [5.74, 6) is 0. The van der Waals surface area contributed by atoms with Crippen molar-refractivity contribution in [1.29, 1.82) is 0 Å². The normalized spacial score (nSPS) is 15.6. The third-order valence-electron chi connectivity index (χ3n) is 5.53. The summed E-state index contributed by atoms with van der Waals surface area (Å²) in [6.45, 7) is 6.58. The first kappa shape index (κ1) is 19.8. The molecule has 0 saturated carbocycles. The highest BCUT2D eigenvalue weighted by molar-refractivity contribution is 5.31. The SMILES string of the molecule is c1ccc(C(c2ccccc2)N2CCN(CCOCc3ccccn3)CC2)cc1. The van der Waals surface area contributed by atoms with E-state index < -0.39 is 0 Å². The van der Waals surface area contributed by atoms with Crippen LogP contribution >= 0.6 is 0 Å². The summed E-state index contributed by atoms with van der Waals surface area (Å²) in [7, 11) is 0. The van der Waals surface area contributed by atoms with Crippen molar-refractivity contribution >= 4 is 0 Å². The summed E-state index contributed by atoms with van der Waals surface area (Å²) >= 11 is 0. The number of hydrogen-bond donors (Lipinski definition) is 0. The summed E-state index contributed by atoms with van der Waals surface area (Å²) in [6, 6.07) is 28.0. The van der Waals surface area contributed by atoms with Crippen LogP contribution in [0.3, 0.4) is 0 Å². The van der Waals surface area contributed by atoms with Crippen molar-refractivity contribution in [2.75, 3.05) is 39.3 Å². The summed E-state index contributed by atoms with van der Waals surface area (Å²) < 4.78 is 5.82. The number of piperazine rings is 1. The van der Waals surface area contributed by atoms with Crippen LogP contribution in [-0.2, 0) is 11.3 Å². The molecule has 0 bridgehead atoms. The molecule has 29 heavy (non-hydrogen) atoms. The molecule has 4 rings (SSSR count). The molecular weight excluding hydrogens is 358 g/mol. The lowest BCUT2D eigenvalue weighted by molar-refractivity contribution is 0.0598. The molecule has 0 amide bonds. The predicted molar refractivity (Wildman–Crippen MR) is 117 cm³/mol. The van der Waals surface area contributed by atoms with Gasteiger partial charge < -0.3 is 4.74 Å². The minimum absolute atomic E-state index is 0.319. The van der Waals surface area contributed by atoms with E-state index in [-0.39, 0.29) is 0 Å². The summed E-state index contributed by atoms with van der Waals surface area (Å²) in [6.07, 6.45) is 1.81. The number of hydrogen-bond acceptors (Lipinski definition) is 4. The molecule has 4 nitrogen and oxygen atoms in total. The molecule has 2 aromatic carbocycles. The fourth-order valence-electron chi connectivity index (χ4n) is 3.98. The van der Waals surface area contributed by atoms with Crippen LogP contribution < -0.4 is 0 Å². The molecule has 0 radical (unpaired) electrons. The first-order chi connectivity index (χ1) is 14.4. The Morgan fingerprint density at radius 3 is 1.97 bits per heavy atom. The van der Waals surface area contributed by atoms with Gasteiger partial charge in [-0.1, -0.05) is 66.7 Å². The number of aromatic nitrogens is 1.